The second-order valence-corrected chi connectivity index (χ2v) is 14.3. The van der Waals surface area contributed by atoms with E-state index in [1.165, 1.54) is 12.8 Å². The highest BCUT2D eigenvalue weighted by Gasteiger charge is 2.40. The zero-order valence-corrected chi connectivity index (χ0v) is 36.4. The largest absolute Gasteiger partial charge is 0.342 e. The Labute approximate surface area is 323 Å². The number of likely N-dealkylation sites (tertiary alicyclic amines) is 3. The number of amides is 4. The number of nitroso groups, excluding NO2 is 1. The highest BCUT2D eigenvalue weighted by molar-refractivity contribution is 5.94. The van der Waals surface area contributed by atoms with Gasteiger partial charge in [-0.2, -0.15) is 0 Å². The molecule has 0 aromatic carbocycles. The van der Waals surface area contributed by atoms with E-state index in [1.54, 1.807) is 21.7 Å². The van der Waals surface area contributed by atoms with Crippen LogP contribution in [0.25, 0.3) is 0 Å². The Morgan fingerprint density at radius 1 is 0.698 bits per heavy atom. The molecule has 0 saturated carbocycles. The van der Waals surface area contributed by atoms with Crippen molar-refractivity contribution in [1.29, 1.82) is 0 Å². The fraction of sp³-hybridized carbons (Fsp3) is 0.875. The summed E-state index contributed by atoms with van der Waals surface area (Å²) in [5.74, 6) is -0.709. The van der Waals surface area contributed by atoms with Crippen molar-refractivity contribution in [2.45, 2.75) is 185 Å². The zero-order chi connectivity index (χ0) is 41.8. The highest BCUT2D eigenvalue weighted by atomic mass is 16.3. The molecular formula is C40H81N7O6. The van der Waals surface area contributed by atoms with Gasteiger partial charge in [0.15, 0.2) is 6.17 Å². The predicted molar refractivity (Wildman–Crippen MR) is 218 cm³/mol. The van der Waals surface area contributed by atoms with E-state index in [1.807, 2.05) is 69.2 Å². The maximum Gasteiger partial charge on any atom is 0.246 e. The van der Waals surface area contributed by atoms with Crippen molar-refractivity contribution < 1.29 is 24.0 Å². The van der Waals surface area contributed by atoms with Gasteiger partial charge in [-0.25, -0.2) is 0 Å². The molecule has 0 aromatic rings. The molecule has 0 aromatic heterocycles. The second-order valence-electron chi connectivity index (χ2n) is 14.3. The van der Waals surface area contributed by atoms with E-state index in [0.717, 1.165) is 25.5 Å². The van der Waals surface area contributed by atoms with Gasteiger partial charge in [0, 0.05) is 19.6 Å². The number of nitrogens with two attached hydrogens (primary N) is 1. The minimum absolute atomic E-state index is 0.00500. The highest BCUT2D eigenvalue weighted by Crippen LogP contribution is 2.23. The SMILES string of the molecule is CC.CC.CC(C)C(N)C(=O)N1CCCC1C(=O)NC(C(=O)N1CCCC1C=O)C(C)C.CCC.CCC.CNC(C(=O)N1CCCC1N=O)C(C)C. The van der Waals surface area contributed by atoms with Crippen molar-refractivity contribution in [3.63, 3.8) is 0 Å². The van der Waals surface area contributed by atoms with Gasteiger partial charge in [-0.15, -0.1) is 4.91 Å². The minimum atomic E-state index is -0.718. The minimum Gasteiger partial charge on any atom is -0.342 e. The number of carbonyl (C=O) groups excluding carboxylic acids is 5. The maximum absolute atomic E-state index is 13.0. The zero-order valence-electron chi connectivity index (χ0n) is 36.4. The van der Waals surface area contributed by atoms with Crippen LogP contribution < -0.4 is 16.4 Å². The number of hydrogen-bond acceptors (Lipinski definition) is 9. The van der Waals surface area contributed by atoms with Crippen LogP contribution in [0, 0.1) is 22.7 Å². The molecule has 0 aliphatic carbocycles. The molecule has 3 saturated heterocycles. The Hall–Kier alpha value is -2.93. The molecule has 3 aliphatic heterocycles. The van der Waals surface area contributed by atoms with E-state index in [9.17, 15) is 28.9 Å². The smallest absolute Gasteiger partial charge is 0.246 e. The number of rotatable bonds is 11. The maximum atomic E-state index is 13.0. The number of nitrogens with one attached hydrogen (secondary N) is 2. The van der Waals surface area contributed by atoms with Crippen LogP contribution >= 0.6 is 0 Å². The molecule has 3 heterocycles. The quantitative estimate of drug-likeness (QED) is 0.167. The molecule has 312 valence electrons. The monoisotopic (exact) mass is 756 g/mol. The lowest BCUT2D eigenvalue weighted by atomic mass is 10.0. The molecule has 6 unspecified atom stereocenters. The summed E-state index contributed by atoms with van der Waals surface area (Å²) in [6.07, 6.45) is 7.15. The van der Waals surface area contributed by atoms with E-state index >= 15 is 0 Å². The van der Waals surface area contributed by atoms with Crippen LogP contribution in [0.15, 0.2) is 5.18 Å². The van der Waals surface area contributed by atoms with Gasteiger partial charge in [0.25, 0.3) is 0 Å². The van der Waals surface area contributed by atoms with E-state index < -0.39 is 30.3 Å². The first kappa shape index (κ1) is 54.4. The first-order valence-electron chi connectivity index (χ1n) is 20.6. The van der Waals surface area contributed by atoms with Gasteiger partial charge >= 0.3 is 0 Å². The summed E-state index contributed by atoms with van der Waals surface area (Å²) in [5, 5.41) is 8.83. The molecule has 4 amide bonds. The average molecular weight is 756 g/mol. The van der Waals surface area contributed by atoms with E-state index in [-0.39, 0.29) is 47.4 Å². The fourth-order valence-corrected chi connectivity index (χ4v) is 5.97. The number of aldehydes is 1. The Balaban J connectivity index is -0.000000837. The first-order chi connectivity index (χ1) is 25.1. The molecule has 13 heteroatoms. The van der Waals surface area contributed by atoms with Crippen LogP contribution in [0.2, 0.25) is 0 Å². The summed E-state index contributed by atoms with van der Waals surface area (Å²) in [6, 6.07) is -2.60. The molecule has 3 fully saturated rings. The normalized spacial score (nSPS) is 20.4. The molecule has 53 heavy (non-hydrogen) atoms. The van der Waals surface area contributed by atoms with Gasteiger partial charge in [-0.05, 0) is 68.5 Å². The van der Waals surface area contributed by atoms with Crippen LogP contribution in [0.1, 0.15) is 148 Å². The average Bonchev–Trinajstić information content (AvgIpc) is 3.93. The predicted octanol–water partition coefficient (Wildman–Crippen LogP) is 6.12. The van der Waals surface area contributed by atoms with Gasteiger partial charge < -0.3 is 35.9 Å². The lowest BCUT2D eigenvalue weighted by molar-refractivity contribution is -0.143. The lowest BCUT2D eigenvalue weighted by Crippen LogP contribution is -2.58. The van der Waals surface area contributed by atoms with Gasteiger partial charge in [0.05, 0.1) is 18.1 Å². The van der Waals surface area contributed by atoms with Gasteiger partial charge in [0.1, 0.15) is 18.4 Å². The summed E-state index contributed by atoms with van der Waals surface area (Å²) >= 11 is 0. The van der Waals surface area contributed by atoms with E-state index in [0.29, 0.717) is 38.9 Å². The van der Waals surface area contributed by atoms with Crippen molar-refractivity contribution in [1.82, 2.24) is 25.3 Å². The van der Waals surface area contributed by atoms with Crippen LogP contribution in [0.4, 0.5) is 0 Å². The Morgan fingerprint density at radius 3 is 1.57 bits per heavy atom. The van der Waals surface area contributed by atoms with Crippen molar-refractivity contribution in [2.24, 2.45) is 28.7 Å². The van der Waals surface area contributed by atoms with Gasteiger partial charge in [-0.1, -0.05) is 110 Å². The third-order valence-corrected chi connectivity index (χ3v) is 8.68. The standard InChI is InChI=1S/C20H34N4O4.C10H19N3O2.2C3H8.2C2H6/c1-12(2)16(21)19(27)24-10-6-8-15(24)18(26)22-17(13(3)4)20(28)23-9-5-7-14(23)11-25;1-7(2)9(11-3)10(14)13-6-4-5-8(13)12-15;2*1-3-2;2*1-2/h11-17H,5-10,21H2,1-4H3,(H,22,26);7-9,11H,4-6H2,1-3H3;2*3H2,1-2H3;2*1-2H3. The van der Waals surface area contributed by atoms with Gasteiger partial charge in [-0.3, -0.25) is 19.2 Å². The van der Waals surface area contributed by atoms with Crippen LogP contribution in [-0.4, -0.2) is 108 Å². The number of carbonyl (C=O) groups is 5. The Bertz CT molecular complexity index is 1020. The molecule has 0 radical (unpaired) electrons. The molecule has 0 spiro atoms. The molecule has 3 aliphatic rings. The first-order valence-corrected chi connectivity index (χ1v) is 20.6. The van der Waals surface area contributed by atoms with Crippen LogP contribution in [0.3, 0.4) is 0 Å². The van der Waals surface area contributed by atoms with Gasteiger partial charge in [0.2, 0.25) is 23.6 Å². The molecule has 3 rings (SSSR count). The Morgan fingerprint density at radius 2 is 1.13 bits per heavy atom. The van der Waals surface area contributed by atoms with Crippen molar-refractivity contribution >= 4 is 29.9 Å². The summed E-state index contributed by atoms with van der Waals surface area (Å²) in [4.78, 5) is 77.1. The second kappa shape index (κ2) is 31.4. The summed E-state index contributed by atoms with van der Waals surface area (Å²) in [5.41, 5.74) is 6.00. The van der Waals surface area contributed by atoms with Crippen LogP contribution in [0.5, 0.6) is 0 Å². The molecule has 6 atom stereocenters. The summed E-state index contributed by atoms with van der Waals surface area (Å²) in [7, 11) is 1.77. The number of likely N-dealkylation sites (N-methyl/N-ethyl adjacent to an activating group) is 1. The molecule has 0 bridgehead atoms. The lowest BCUT2D eigenvalue weighted by Gasteiger charge is -2.32. The molecular weight excluding hydrogens is 674 g/mol. The van der Waals surface area contributed by atoms with E-state index in [2.05, 4.69) is 43.5 Å². The third kappa shape index (κ3) is 18.3. The fourth-order valence-electron chi connectivity index (χ4n) is 5.97. The van der Waals surface area contributed by atoms with Crippen molar-refractivity contribution in [2.75, 3.05) is 26.7 Å². The summed E-state index contributed by atoms with van der Waals surface area (Å²) in [6.45, 7) is 29.6. The van der Waals surface area contributed by atoms with Crippen molar-refractivity contribution in [3.05, 3.63) is 4.91 Å². The summed E-state index contributed by atoms with van der Waals surface area (Å²) < 4.78 is 0. The molecule has 13 nitrogen and oxygen atoms in total. The number of nitrogens with zero attached hydrogens (tertiary/aromatic N) is 4. The van der Waals surface area contributed by atoms with Crippen LogP contribution in [-0.2, 0) is 24.0 Å². The number of hydrogen-bond donors (Lipinski definition) is 3. The topological polar surface area (TPSA) is 175 Å². The Kier molecular flexibility index (Phi) is 32.3. The van der Waals surface area contributed by atoms with E-state index in [4.69, 9.17) is 5.73 Å². The third-order valence-electron chi connectivity index (χ3n) is 8.68. The molecule has 4 N–H and O–H groups in total. The van der Waals surface area contributed by atoms with Crippen molar-refractivity contribution in [3.8, 4) is 0 Å².